The second kappa shape index (κ2) is 4.62. The molecule has 0 aromatic carbocycles. The van der Waals surface area contributed by atoms with E-state index in [2.05, 4.69) is 10.3 Å². The van der Waals surface area contributed by atoms with Crippen LogP contribution in [0.5, 0.6) is 0 Å². The minimum atomic E-state index is -2.98. The SMILES string of the molecule is O=C(NC1CCS(=O)(=O)C1)c1ccc(Cl)nc1. The Bertz CT molecular complexity index is 527. The Balaban J connectivity index is 2.01. The van der Waals surface area contributed by atoms with Crippen molar-refractivity contribution in [2.75, 3.05) is 11.5 Å². The quantitative estimate of drug-likeness (QED) is 0.804. The lowest BCUT2D eigenvalue weighted by Gasteiger charge is -2.10. The van der Waals surface area contributed by atoms with Crippen molar-refractivity contribution in [3.63, 3.8) is 0 Å². The average Bonchev–Trinajstić information content (AvgIpc) is 2.59. The number of aromatic nitrogens is 1. The van der Waals surface area contributed by atoms with Gasteiger partial charge in [-0.1, -0.05) is 11.6 Å². The third-order valence-electron chi connectivity index (χ3n) is 2.56. The highest BCUT2D eigenvalue weighted by Gasteiger charge is 2.29. The van der Waals surface area contributed by atoms with Gasteiger partial charge in [0, 0.05) is 12.2 Å². The molecular formula is C10H11ClN2O3S. The van der Waals surface area contributed by atoms with Gasteiger partial charge in [-0.2, -0.15) is 0 Å². The largest absolute Gasteiger partial charge is 0.348 e. The fourth-order valence-electron chi connectivity index (χ4n) is 1.69. The number of nitrogens with zero attached hydrogens (tertiary/aromatic N) is 1. The second-order valence-corrected chi connectivity index (χ2v) is 6.56. The molecule has 7 heteroatoms. The molecule has 5 nitrogen and oxygen atoms in total. The number of carbonyl (C=O) groups excluding carboxylic acids is 1. The van der Waals surface area contributed by atoms with Crippen molar-refractivity contribution in [2.24, 2.45) is 0 Å². The first-order chi connectivity index (χ1) is 7.96. The smallest absolute Gasteiger partial charge is 0.253 e. The normalized spacial score (nSPS) is 22.3. The van der Waals surface area contributed by atoms with Gasteiger partial charge in [0.25, 0.3) is 5.91 Å². The predicted octanol–water partition coefficient (Wildman–Crippen LogP) is 0.652. The van der Waals surface area contributed by atoms with E-state index >= 15 is 0 Å². The van der Waals surface area contributed by atoms with E-state index in [-0.39, 0.29) is 23.5 Å². The molecule has 0 spiro atoms. The highest BCUT2D eigenvalue weighted by molar-refractivity contribution is 7.91. The minimum absolute atomic E-state index is 0.0136. The Morgan fingerprint density at radius 1 is 1.47 bits per heavy atom. The summed E-state index contributed by atoms with van der Waals surface area (Å²) in [6, 6.07) is 2.76. The highest BCUT2D eigenvalue weighted by atomic mass is 35.5. The van der Waals surface area contributed by atoms with Crippen molar-refractivity contribution in [1.82, 2.24) is 10.3 Å². The van der Waals surface area contributed by atoms with E-state index in [1.165, 1.54) is 12.3 Å². The highest BCUT2D eigenvalue weighted by Crippen LogP contribution is 2.12. The van der Waals surface area contributed by atoms with Crippen LogP contribution in [0.15, 0.2) is 18.3 Å². The molecule has 17 heavy (non-hydrogen) atoms. The zero-order chi connectivity index (χ0) is 12.5. The van der Waals surface area contributed by atoms with Gasteiger partial charge >= 0.3 is 0 Å². The maximum absolute atomic E-state index is 11.7. The number of nitrogens with one attached hydrogen (secondary N) is 1. The van der Waals surface area contributed by atoms with E-state index in [4.69, 9.17) is 11.6 Å². The van der Waals surface area contributed by atoms with Crippen LogP contribution in [0, 0.1) is 0 Å². The van der Waals surface area contributed by atoms with E-state index in [0.29, 0.717) is 17.1 Å². The van der Waals surface area contributed by atoms with Gasteiger partial charge in [0.15, 0.2) is 9.84 Å². The minimum Gasteiger partial charge on any atom is -0.348 e. The first kappa shape index (κ1) is 12.3. The Morgan fingerprint density at radius 2 is 2.24 bits per heavy atom. The maximum atomic E-state index is 11.7. The van der Waals surface area contributed by atoms with E-state index in [0.717, 1.165) is 0 Å². The molecule has 0 bridgehead atoms. The van der Waals surface area contributed by atoms with Crippen molar-refractivity contribution in [3.8, 4) is 0 Å². The first-order valence-electron chi connectivity index (χ1n) is 5.09. The summed E-state index contributed by atoms with van der Waals surface area (Å²) in [5.74, 6) is -0.174. The van der Waals surface area contributed by atoms with Gasteiger partial charge in [-0.25, -0.2) is 13.4 Å². The molecule has 1 aliphatic rings. The molecule has 0 saturated carbocycles. The van der Waals surface area contributed by atoms with E-state index in [1.54, 1.807) is 6.07 Å². The first-order valence-corrected chi connectivity index (χ1v) is 7.29. The topological polar surface area (TPSA) is 76.1 Å². The van der Waals surface area contributed by atoms with Crippen LogP contribution in [-0.4, -0.2) is 36.9 Å². The van der Waals surface area contributed by atoms with Gasteiger partial charge in [-0.3, -0.25) is 4.79 Å². The summed E-state index contributed by atoms with van der Waals surface area (Å²) in [6.45, 7) is 0. The number of halogens is 1. The van der Waals surface area contributed by atoms with Gasteiger partial charge in [0.05, 0.1) is 17.1 Å². The van der Waals surface area contributed by atoms with E-state index < -0.39 is 9.84 Å². The maximum Gasteiger partial charge on any atom is 0.253 e. The summed E-state index contributed by atoms with van der Waals surface area (Å²) in [5.41, 5.74) is 0.374. The molecular weight excluding hydrogens is 264 g/mol. The third kappa shape index (κ3) is 3.17. The number of amides is 1. The molecule has 1 aromatic rings. The van der Waals surface area contributed by atoms with E-state index in [1.807, 2.05) is 0 Å². The van der Waals surface area contributed by atoms with Crippen LogP contribution in [0.3, 0.4) is 0 Å². The zero-order valence-electron chi connectivity index (χ0n) is 8.89. The van der Waals surface area contributed by atoms with E-state index in [9.17, 15) is 13.2 Å². The molecule has 1 atom stereocenters. The van der Waals surface area contributed by atoms with Gasteiger partial charge in [0.1, 0.15) is 5.15 Å². The van der Waals surface area contributed by atoms with Gasteiger partial charge in [-0.15, -0.1) is 0 Å². The van der Waals surface area contributed by atoms with Crippen LogP contribution in [0.1, 0.15) is 16.8 Å². The summed E-state index contributed by atoms with van der Waals surface area (Å²) in [5, 5.41) is 2.98. The van der Waals surface area contributed by atoms with Crippen molar-refractivity contribution in [3.05, 3.63) is 29.0 Å². The molecule has 2 rings (SSSR count). The van der Waals surface area contributed by atoms with Crippen LogP contribution in [0.25, 0.3) is 0 Å². The molecule has 1 saturated heterocycles. The number of rotatable bonds is 2. The van der Waals surface area contributed by atoms with Gasteiger partial charge in [-0.05, 0) is 18.6 Å². The summed E-state index contributed by atoms with van der Waals surface area (Å²) in [4.78, 5) is 15.5. The van der Waals surface area contributed by atoms with Crippen molar-refractivity contribution >= 4 is 27.3 Å². The van der Waals surface area contributed by atoms with Gasteiger partial charge < -0.3 is 5.32 Å². The summed E-state index contributed by atoms with van der Waals surface area (Å²) >= 11 is 5.60. The Labute approximate surface area is 104 Å². The van der Waals surface area contributed by atoms with Crippen LogP contribution >= 0.6 is 11.6 Å². The number of hydrogen-bond donors (Lipinski definition) is 1. The summed E-state index contributed by atoms with van der Waals surface area (Å²) < 4.78 is 22.4. The lowest BCUT2D eigenvalue weighted by molar-refractivity contribution is 0.0941. The third-order valence-corrected chi connectivity index (χ3v) is 4.55. The van der Waals surface area contributed by atoms with Crippen molar-refractivity contribution < 1.29 is 13.2 Å². The number of pyridine rings is 1. The zero-order valence-corrected chi connectivity index (χ0v) is 10.5. The van der Waals surface area contributed by atoms with Crippen LogP contribution in [0.2, 0.25) is 5.15 Å². The molecule has 1 aliphatic heterocycles. The molecule has 1 unspecified atom stereocenters. The number of hydrogen-bond acceptors (Lipinski definition) is 4. The monoisotopic (exact) mass is 274 g/mol. The van der Waals surface area contributed by atoms with Gasteiger partial charge in [0.2, 0.25) is 0 Å². The fraction of sp³-hybridized carbons (Fsp3) is 0.400. The molecule has 1 aromatic heterocycles. The number of carbonyl (C=O) groups is 1. The Morgan fingerprint density at radius 3 is 2.76 bits per heavy atom. The van der Waals surface area contributed by atoms with Crippen molar-refractivity contribution in [2.45, 2.75) is 12.5 Å². The molecule has 1 fully saturated rings. The molecule has 0 radical (unpaired) electrons. The Kier molecular flexibility index (Phi) is 3.35. The second-order valence-electron chi connectivity index (χ2n) is 3.94. The van der Waals surface area contributed by atoms with Crippen LogP contribution in [-0.2, 0) is 9.84 Å². The summed E-state index contributed by atoms with van der Waals surface area (Å²) in [7, 11) is -2.98. The standard InChI is InChI=1S/C10H11ClN2O3S/c11-9-2-1-7(5-12-9)10(14)13-8-3-4-17(15,16)6-8/h1-2,5,8H,3-4,6H2,(H,13,14). The molecule has 0 aliphatic carbocycles. The Hall–Kier alpha value is -1.14. The lowest BCUT2D eigenvalue weighted by Crippen LogP contribution is -2.35. The van der Waals surface area contributed by atoms with Crippen LogP contribution < -0.4 is 5.32 Å². The average molecular weight is 275 g/mol. The fourth-order valence-corrected chi connectivity index (χ4v) is 3.47. The van der Waals surface area contributed by atoms with Crippen LogP contribution in [0.4, 0.5) is 0 Å². The molecule has 2 heterocycles. The predicted molar refractivity (Wildman–Crippen MR) is 63.8 cm³/mol. The molecule has 92 valence electrons. The lowest BCUT2D eigenvalue weighted by atomic mass is 10.2. The molecule has 1 N–H and O–H groups in total. The number of sulfone groups is 1. The van der Waals surface area contributed by atoms with Crippen molar-refractivity contribution in [1.29, 1.82) is 0 Å². The summed E-state index contributed by atoms with van der Waals surface area (Å²) in [6.07, 6.45) is 1.83. The molecule has 1 amide bonds.